The number of imidazole rings is 2. The average molecular weight is 845 g/mol. The molecule has 7 rings (SSSR count). The predicted octanol–water partition coefficient (Wildman–Crippen LogP) is 8.64. The third kappa shape index (κ3) is 8.64. The molecule has 0 saturated carbocycles. The Balaban J connectivity index is 1.06. The Labute approximate surface area is 363 Å². The molecule has 2 fully saturated rings. The second-order valence-corrected chi connectivity index (χ2v) is 17.9. The van der Waals surface area contributed by atoms with Crippen molar-refractivity contribution in [3.8, 4) is 33.6 Å². The van der Waals surface area contributed by atoms with Crippen LogP contribution in [0, 0.1) is 23.7 Å². The Kier molecular flexibility index (Phi) is 12.8. The molecule has 4 amide bonds. The summed E-state index contributed by atoms with van der Waals surface area (Å²) in [5, 5.41) is 7.66. The van der Waals surface area contributed by atoms with E-state index in [0.29, 0.717) is 0 Å². The monoisotopic (exact) mass is 844 g/mol. The van der Waals surface area contributed by atoms with Gasteiger partial charge in [-0.25, -0.2) is 19.6 Å². The third-order valence-corrected chi connectivity index (χ3v) is 13.2. The number of carbonyl (C=O) groups is 4. The molecule has 14 heteroatoms. The zero-order valence-corrected chi connectivity index (χ0v) is 37.4. The van der Waals surface area contributed by atoms with Gasteiger partial charge in [-0.2, -0.15) is 0 Å². The number of alkyl carbamates (subject to hydrolysis) is 2. The van der Waals surface area contributed by atoms with Gasteiger partial charge >= 0.3 is 12.2 Å². The number of likely N-dealkylation sites (tertiary alicyclic amines) is 2. The van der Waals surface area contributed by atoms with Gasteiger partial charge in [0.15, 0.2) is 0 Å². The lowest BCUT2D eigenvalue weighted by molar-refractivity contribution is -0.138. The van der Waals surface area contributed by atoms with Gasteiger partial charge < -0.3 is 39.9 Å². The SMILES string of the molecule is COC(=O)N[C@H](C(=O)N1[C@H](C)[C@H](C)C[C@H]1c1ncc(-c2ccc(-c3ccc4cc(-c5cnc([C@@H]6C[C@@H](C)[C@@H](C)N6C(=O)[C@@H](NC(=O)OC)C(C)C)[nH]5)ccc4c3)cc2)[nH]1)C(C)C. The molecular formula is C48H60N8O6. The fraction of sp³-hybridized carbons (Fsp3) is 0.458. The largest absolute Gasteiger partial charge is 0.453 e. The summed E-state index contributed by atoms with van der Waals surface area (Å²) in [5.41, 5.74) is 5.86. The highest BCUT2D eigenvalue weighted by Gasteiger charge is 2.46. The van der Waals surface area contributed by atoms with Crippen molar-refractivity contribution in [2.45, 2.75) is 104 Å². The summed E-state index contributed by atoms with van der Waals surface area (Å²) >= 11 is 0. The fourth-order valence-corrected chi connectivity index (χ4v) is 9.10. The quantitative estimate of drug-likeness (QED) is 0.102. The molecule has 4 heterocycles. The van der Waals surface area contributed by atoms with Gasteiger partial charge in [-0.05, 0) is 90.0 Å². The number of hydrogen-bond donors (Lipinski definition) is 4. The summed E-state index contributed by atoms with van der Waals surface area (Å²) in [6, 6.07) is 19.1. The van der Waals surface area contributed by atoms with Gasteiger partial charge in [0.05, 0.1) is 50.1 Å². The van der Waals surface area contributed by atoms with E-state index in [0.717, 1.165) is 68.9 Å². The first-order chi connectivity index (χ1) is 29.6. The van der Waals surface area contributed by atoms with E-state index in [1.165, 1.54) is 14.2 Å². The molecule has 0 bridgehead atoms. The molecule has 2 aromatic heterocycles. The molecule has 62 heavy (non-hydrogen) atoms. The Bertz CT molecular complexity index is 2420. The second kappa shape index (κ2) is 18.0. The first kappa shape index (κ1) is 43.9. The van der Waals surface area contributed by atoms with Gasteiger partial charge in [0.25, 0.3) is 0 Å². The van der Waals surface area contributed by atoms with Crippen molar-refractivity contribution in [1.82, 2.24) is 40.4 Å². The molecule has 5 aromatic rings. The number of aromatic amines is 2. The average Bonchev–Trinajstić information content (AvgIpc) is 4.07. The van der Waals surface area contributed by atoms with Crippen molar-refractivity contribution in [1.29, 1.82) is 0 Å². The summed E-state index contributed by atoms with van der Waals surface area (Å²) < 4.78 is 9.63. The molecule has 2 aliphatic rings. The van der Waals surface area contributed by atoms with Crippen LogP contribution in [0.4, 0.5) is 9.59 Å². The zero-order valence-electron chi connectivity index (χ0n) is 37.4. The number of fused-ring (bicyclic) bond motifs is 1. The summed E-state index contributed by atoms with van der Waals surface area (Å²) in [6.07, 6.45) is 3.91. The van der Waals surface area contributed by atoms with Gasteiger partial charge in [-0.15, -0.1) is 0 Å². The van der Waals surface area contributed by atoms with E-state index in [1.54, 1.807) is 0 Å². The van der Waals surface area contributed by atoms with Crippen molar-refractivity contribution in [2.24, 2.45) is 23.7 Å². The van der Waals surface area contributed by atoms with Crippen LogP contribution in [0.25, 0.3) is 44.4 Å². The minimum atomic E-state index is -0.718. The van der Waals surface area contributed by atoms with Crippen LogP contribution in [-0.4, -0.2) is 92.1 Å². The number of amides is 4. The molecule has 0 radical (unpaired) electrons. The Hall–Kier alpha value is -6.18. The zero-order chi connectivity index (χ0) is 44.6. The molecule has 328 valence electrons. The number of aromatic nitrogens is 4. The number of carbonyl (C=O) groups excluding carboxylic acids is 4. The Morgan fingerprint density at radius 1 is 0.597 bits per heavy atom. The highest BCUT2D eigenvalue weighted by Crippen LogP contribution is 2.42. The van der Waals surface area contributed by atoms with Crippen LogP contribution < -0.4 is 10.6 Å². The lowest BCUT2D eigenvalue weighted by atomic mass is 9.98. The first-order valence-electron chi connectivity index (χ1n) is 21.7. The van der Waals surface area contributed by atoms with E-state index in [1.807, 2.05) is 49.9 Å². The molecule has 0 unspecified atom stereocenters. The first-order valence-corrected chi connectivity index (χ1v) is 21.7. The number of methoxy groups -OCH3 is 2. The minimum absolute atomic E-state index is 0.0320. The maximum atomic E-state index is 14.0. The number of nitrogens with one attached hydrogen (secondary N) is 4. The number of benzene rings is 3. The fourth-order valence-electron chi connectivity index (χ4n) is 9.10. The van der Waals surface area contributed by atoms with Crippen LogP contribution >= 0.6 is 0 Å². The van der Waals surface area contributed by atoms with Gasteiger partial charge in [0.2, 0.25) is 11.8 Å². The van der Waals surface area contributed by atoms with Crippen LogP contribution in [0.1, 0.15) is 92.0 Å². The Morgan fingerprint density at radius 3 is 1.42 bits per heavy atom. The van der Waals surface area contributed by atoms with Crippen LogP contribution in [0.3, 0.4) is 0 Å². The van der Waals surface area contributed by atoms with E-state index in [2.05, 4.69) is 109 Å². The van der Waals surface area contributed by atoms with E-state index >= 15 is 0 Å². The van der Waals surface area contributed by atoms with Crippen molar-refractivity contribution >= 4 is 34.8 Å². The van der Waals surface area contributed by atoms with E-state index in [9.17, 15) is 19.2 Å². The number of nitrogens with zero attached hydrogens (tertiary/aromatic N) is 4. The predicted molar refractivity (Wildman–Crippen MR) is 239 cm³/mol. The third-order valence-electron chi connectivity index (χ3n) is 13.2. The molecule has 8 atom stereocenters. The molecule has 14 nitrogen and oxygen atoms in total. The van der Waals surface area contributed by atoms with Crippen molar-refractivity contribution in [3.63, 3.8) is 0 Å². The van der Waals surface area contributed by atoms with Crippen LogP contribution in [0.5, 0.6) is 0 Å². The number of H-pyrrole nitrogens is 2. The standard InChI is InChI=1S/C48H60N8O6/c1-25(2)41(53-47(59)61-9)45(57)55-29(7)27(5)19-39(55)43-49-23-37(51-43)32-13-11-31(12-14-32)33-15-16-35-22-36(18-17-34(35)21-33)38-24-50-44(52-38)40-20-28(6)30(8)56(40)46(58)42(26(3)4)54-48(60)62-10/h11-18,21-30,39-42H,19-20H2,1-10H3,(H,49,51)(H,50,52)(H,53,59)(H,54,60)/t27-,28-,29-,30-,39+,40+,41+,42+/m1/s1. The van der Waals surface area contributed by atoms with E-state index in [4.69, 9.17) is 19.4 Å². The summed E-state index contributed by atoms with van der Waals surface area (Å²) in [4.78, 5) is 72.5. The van der Waals surface area contributed by atoms with Gasteiger partial charge in [-0.3, -0.25) is 9.59 Å². The Morgan fingerprint density at radius 2 is 0.984 bits per heavy atom. The van der Waals surface area contributed by atoms with Gasteiger partial charge in [-0.1, -0.05) is 90.1 Å². The molecule has 3 aromatic carbocycles. The molecule has 0 spiro atoms. The number of hydrogen-bond acceptors (Lipinski definition) is 8. The van der Waals surface area contributed by atoms with Crippen molar-refractivity contribution < 1.29 is 28.7 Å². The van der Waals surface area contributed by atoms with Crippen LogP contribution in [-0.2, 0) is 19.1 Å². The lowest BCUT2D eigenvalue weighted by Crippen LogP contribution is -2.53. The second-order valence-electron chi connectivity index (χ2n) is 17.9. The maximum Gasteiger partial charge on any atom is 0.407 e. The molecule has 4 N–H and O–H groups in total. The number of ether oxygens (including phenoxy) is 2. The number of rotatable bonds is 11. The molecule has 2 aliphatic heterocycles. The van der Waals surface area contributed by atoms with Crippen LogP contribution in [0.15, 0.2) is 73.1 Å². The normalized spacial score (nSPS) is 22.3. The minimum Gasteiger partial charge on any atom is -0.453 e. The lowest BCUT2D eigenvalue weighted by Gasteiger charge is -2.33. The van der Waals surface area contributed by atoms with Gasteiger partial charge in [0.1, 0.15) is 23.7 Å². The summed E-state index contributed by atoms with van der Waals surface area (Å²) in [7, 11) is 2.59. The van der Waals surface area contributed by atoms with E-state index < -0.39 is 24.3 Å². The summed E-state index contributed by atoms with van der Waals surface area (Å²) in [5.74, 6) is 1.40. The molecule has 0 aliphatic carbocycles. The van der Waals surface area contributed by atoms with Crippen molar-refractivity contribution in [2.75, 3.05) is 14.2 Å². The molecule has 2 saturated heterocycles. The van der Waals surface area contributed by atoms with Crippen molar-refractivity contribution in [3.05, 3.63) is 84.7 Å². The summed E-state index contributed by atoms with van der Waals surface area (Å²) in [6.45, 7) is 16.0. The highest BCUT2D eigenvalue weighted by atomic mass is 16.5. The maximum absolute atomic E-state index is 14.0. The topological polar surface area (TPSA) is 175 Å². The van der Waals surface area contributed by atoms with E-state index in [-0.39, 0.29) is 59.7 Å². The molecular weight excluding hydrogens is 785 g/mol. The van der Waals surface area contributed by atoms with Crippen LogP contribution in [0.2, 0.25) is 0 Å². The smallest absolute Gasteiger partial charge is 0.407 e. The highest BCUT2D eigenvalue weighted by molar-refractivity contribution is 5.91. The van der Waals surface area contributed by atoms with Gasteiger partial charge in [0, 0.05) is 17.6 Å².